The molecule has 0 unspecified atom stereocenters. The lowest BCUT2D eigenvalue weighted by Gasteiger charge is -2.06. The average Bonchev–Trinajstić information content (AvgIpc) is 2.46. The predicted octanol–water partition coefficient (Wildman–Crippen LogP) is 3.43. The lowest BCUT2D eigenvalue weighted by atomic mass is 10.2. The van der Waals surface area contributed by atoms with Crippen molar-refractivity contribution < 1.29 is 9.13 Å². The molecule has 0 spiro atoms. The Hall–Kier alpha value is -2.05. The average molecular weight is 290 g/mol. The number of benzene rings is 1. The van der Waals surface area contributed by atoms with E-state index in [0.717, 1.165) is 5.69 Å². The molecule has 0 bridgehead atoms. The number of ether oxygens (including phenoxy) is 1. The van der Waals surface area contributed by atoms with Gasteiger partial charge in [0.2, 0.25) is 0 Å². The van der Waals surface area contributed by atoms with Crippen LogP contribution in [0.1, 0.15) is 11.3 Å². The van der Waals surface area contributed by atoms with Crippen LogP contribution < -0.4 is 4.74 Å². The van der Waals surface area contributed by atoms with Crippen LogP contribution in [-0.4, -0.2) is 17.5 Å². The molecule has 2 rings (SSSR count). The molecule has 1 aromatic carbocycles. The van der Waals surface area contributed by atoms with Gasteiger partial charge >= 0.3 is 0 Å². The summed E-state index contributed by atoms with van der Waals surface area (Å²) in [6, 6.07) is 10.1. The van der Waals surface area contributed by atoms with Crippen LogP contribution >= 0.6 is 11.6 Å². The van der Waals surface area contributed by atoms with E-state index in [9.17, 15) is 4.39 Å². The van der Waals surface area contributed by atoms with Gasteiger partial charge in [0, 0.05) is 29.9 Å². The SMILES string of the molecule is Fc1cc(C#CCCl)cc(OCCc2ccccn2)c1. The Morgan fingerprint density at radius 2 is 2.15 bits per heavy atom. The normalized spacial score (nSPS) is 9.70. The van der Waals surface area contributed by atoms with Crippen molar-refractivity contribution in [1.29, 1.82) is 0 Å². The summed E-state index contributed by atoms with van der Waals surface area (Å²) in [5.74, 6) is 5.75. The van der Waals surface area contributed by atoms with Crippen LogP contribution in [0.4, 0.5) is 4.39 Å². The van der Waals surface area contributed by atoms with Crippen molar-refractivity contribution in [3.05, 3.63) is 59.7 Å². The van der Waals surface area contributed by atoms with Crippen LogP contribution in [0, 0.1) is 17.7 Å². The maximum atomic E-state index is 13.4. The Morgan fingerprint density at radius 1 is 1.25 bits per heavy atom. The molecule has 0 aliphatic rings. The maximum absolute atomic E-state index is 13.4. The fraction of sp³-hybridized carbons (Fsp3) is 0.188. The molecule has 0 amide bonds. The summed E-state index contributed by atoms with van der Waals surface area (Å²) in [5.41, 5.74) is 1.49. The third-order valence-electron chi connectivity index (χ3n) is 2.52. The van der Waals surface area contributed by atoms with Crippen molar-refractivity contribution in [3.8, 4) is 17.6 Å². The minimum absolute atomic E-state index is 0.215. The van der Waals surface area contributed by atoms with Gasteiger partial charge in [-0.2, -0.15) is 0 Å². The van der Waals surface area contributed by atoms with Crippen molar-refractivity contribution >= 4 is 11.6 Å². The van der Waals surface area contributed by atoms with Gasteiger partial charge in [-0.25, -0.2) is 4.39 Å². The van der Waals surface area contributed by atoms with Gasteiger partial charge in [0.05, 0.1) is 12.5 Å². The molecular weight excluding hydrogens is 277 g/mol. The Morgan fingerprint density at radius 3 is 2.90 bits per heavy atom. The summed E-state index contributed by atoms with van der Waals surface area (Å²) in [4.78, 5) is 4.19. The van der Waals surface area contributed by atoms with Gasteiger partial charge in [-0.1, -0.05) is 17.9 Å². The molecule has 0 radical (unpaired) electrons. The first-order chi connectivity index (χ1) is 9.78. The van der Waals surface area contributed by atoms with Gasteiger partial charge in [0.25, 0.3) is 0 Å². The number of nitrogens with zero attached hydrogens (tertiary/aromatic N) is 1. The number of aromatic nitrogens is 1. The molecule has 0 N–H and O–H groups in total. The third kappa shape index (κ3) is 4.56. The highest BCUT2D eigenvalue weighted by atomic mass is 35.5. The van der Waals surface area contributed by atoms with Gasteiger partial charge in [0.15, 0.2) is 0 Å². The zero-order chi connectivity index (χ0) is 14.2. The summed E-state index contributed by atoms with van der Waals surface area (Å²) >= 11 is 5.48. The number of rotatable bonds is 4. The second-order valence-electron chi connectivity index (χ2n) is 4.03. The smallest absolute Gasteiger partial charge is 0.128 e. The monoisotopic (exact) mass is 289 g/mol. The van der Waals surface area contributed by atoms with Crippen LogP contribution in [0.15, 0.2) is 42.6 Å². The van der Waals surface area contributed by atoms with Gasteiger partial charge < -0.3 is 4.74 Å². The summed E-state index contributed by atoms with van der Waals surface area (Å²) in [6.45, 7) is 0.433. The first kappa shape index (κ1) is 14.4. The van der Waals surface area contributed by atoms with E-state index < -0.39 is 0 Å². The number of alkyl halides is 1. The number of halogens is 2. The molecule has 1 heterocycles. The van der Waals surface area contributed by atoms with E-state index in [2.05, 4.69) is 16.8 Å². The molecular formula is C16H13ClFNO. The van der Waals surface area contributed by atoms with E-state index >= 15 is 0 Å². The standard InChI is InChI=1S/C16H13ClFNO/c17-7-3-4-13-10-14(18)12-16(11-13)20-9-6-15-5-1-2-8-19-15/h1-2,5,8,10-12H,6-7,9H2. The van der Waals surface area contributed by atoms with Crippen molar-refractivity contribution in [3.63, 3.8) is 0 Å². The molecule has 0 aliphatic heterocycles. The van der Waals surface area contributed by atoms with Gasteiger partial charge in [-0.3, -0.25) is 4.98 Å². The highest BCUT2D eigenvalue weighted by molar-refractivity contribution is 6.19. The summed E-state index contributed by atoms with van der Waals surface area (Å²) in [5, 5.41) is 0. The highest BCUT2D eigenvalue weighted by Gasteiger charge is 2.01. The van der Waals surface area contributed by atoms with E-state index in [1.165, 1.54) is 12.1 Å². The predicted molar refractivity (Wildman–Crippen MR) is 77.4 cm³/mol. The van der Waals surface area contributed by atoms with Crippen LogP contribution in [-0.2, 0) is 6.42 Å². The van der Waals surface area contributed by atoms with Gasteiger partial charge in [-0.15, -0.1) is 11.6 Å². The largest absolute Gasteiger partial charge is 0.493 e. The molecule has 4 heteroatoms. The van der Waals surface area contributed by atoms with Crippen molar-refractivity contribution in [2.45, 2.75) is 6.42 Å². The van der Waals surface area contributed by atoms with Crippen molar-refractivity contribution in [2.24, 2.45) is 0 Å². The summed E-state index contributed by atoms with van der Waals surface area (Å²) in [7, 11) is 0. The van der Waals surface area contributed by atoms with E-state index in [1.807, 2.05) is 18.2 Å². The lowest BCUT2D eigenvalue weighted by molar-refractivity contribution is 0.319. The Balaban J connectivity index is 1.97. The molecule has 0 aliphatic carbocycles. The highest BCUT2D eigenvalue weighted by Crippen LogP contribution is 2.16. The van der Waals surface area contributed by atoms with Gasteiger partial charge in [0.1, 0.15) is 11.6 Å². The number of pyridine rings is 1. The fourth-order valence-corrected chi connectivity index (χ4v) is 1.74. The maximum Gasteiger partial charge on any atom is 0.128 e. The first-order valence-corrected chi connectivity index (χ1v) is 6.69. The second-order valence-corrected chi connectivity index (χ2v) is 4.30. The summed E-state index contributed by atoms with van der Waals surface area (Å²) < 4.78 is 18.9. The van der Waals surface area contributed by atoms with E-state index in [4.69, 9.17) is 16.3 Å². The molecule has 0 atom stereocenters. The molecule has 0 saturated heterocycles. The number of hydrogen-bond acceptors (Lipinski definition) is 2. The first-order valence-electron chi connectivity index (χ1n) is 6.16. The minimum Gasteiger partial charge on any atom is -0.493 e. The molecule has 0 saturated carbocycles. The Labute approximate surface area is 122 Å². The van der Waals surface area contributed by atoms with Gasteiger partial charge in [-0.05, 0) is 24.3 Å². The third-order valence-corrected chi connectivity index (χ3v) is 2.66. The Bertz CT molecular complexity index is 619. The molecule has 0 fully saturated rings. The van der Waals surface area contributed by atoms with E-state index in [-0.39, 0.29) is 11.7 Å². The fourth-order valence-electron chi connectivity index (χ4n) is 1.67. The molecule has 1 aromatic heterocycles. The van der Waals surface area contributed by atoms with E-state index in [0.29, 0.717) is 24.3 Å². The van der Waals surface area contributed by atoms with Crippen molar-refractivity contribution in [2.75, 3.05) is 12.5 Å². The second kappa shape index (κ2) is 7.52. The molecule has 102 valence electrons. The molecule has 20 heavy (non-hydrogen) atoms. The van der Waals surface area contributed by atoms with E-state index in [1.54, 1.807) is 12.3 Å². The van der Waals surface area contributed by atoms with Crippen LogP contribution in [0.25, 0.3) is 0 Å². The van der Waals surface area contributed by atoms with Crippen LogP contribution in [0.2, 0.25) is 0 Å². The zero-order valence-electron chi connectivity index (χ0n) is 10.8. The zero-order valence-corrected chi connectivity index (χ0v) is 11.5. The van der Waals surface area contributed by atoms with Crippen LogP contribution in [0.5, 0.6) is 5.75 Å². The quantitative estimate of drug-likeness (QED) is 0.635. The summed E-state index contributed by atoms with van der Waals surface area (Å²) in [6.07, 6.45) is 2.40. The van der Waals surface area contributed by atoms with Crippen LogP contribution in [0.3, 0.4) is 0 Å². The Kier molecular flexibility index (Phi) is 5.40. The van der Waals surface area contributed by atoms with Crippen molar-refractivity contribution in [1.82, 2.24) is 4.98 Å². The minimum atomic E-state index is -0.376. The lowest BCUT2D eigenvalue weighted by Crippen LogP contribution is -2.03. The molecule has 2 aromatic rings. The molecule has 2 nitrogen and oxygen atoms in total. The topological polar surface area (TPSA) is 22.1 Å². The number of hydrogen-bond donors (Lipinski definition) is 0.